The molecule has 0 saturated heterocycles. The molecule has 95 valence electrons. The summed E-state index contributed by atoms with van der Waals surface area (Å²) in [5.41, 5.74) is 1.06. The minimum absolute atomic E-state index is 0. The Balaban J connectivity index is 0. The number of pyridine rings is 1. The molecule has 0 aliphatic heterocycles. The van der Waals surface area contributed by atoms with Crippen LogP contribution < -0.4 is 6.15 Å². The van der Waals surface area contributed by atoms with E-state index in [0.717, 1.165) is 5.52 Å². The maximum absolute atomic E-state index is 8.52. The van der Waals surface area contributed by atoms with E-state index >= 15 is 0 Å². The molecule has 0 saturated carbocycles. The van der Waals surface area contributed by atoms with E-state index in [0.29, 0.717) is 0 Å². The first-order valence-electron chi connectivity index (χ1n) is 3.93. The second kappa shape index (κ2) is 8.13. The van der Waals surface area contributed by atoms with E-state index in [-0.39, 0.29) is 23.2 Å². The molecule has 0 atom stereocenters. The van der Waals surface area contributed by atoms with Crippen LogP contribution in [-0.4, -0.2) is 22.5 Å². The Morgan fingerprint density at radius 2 is 1.47 bits per heavy atom. The molecule has 2 aromatic rings. The average molecular weight is 299 g/mol. The van der Waals surface area contributed by atoms with Crippen LogP contribution >= 0.6 is 0 Å². The van der Waals surface area contributed by atoms with Gasteiger partial charge in [-0.05, 0) is 12.1 Å². The van der Waals surface area contributed by atoms with Gasteiger partial charge in [-0.25, -0.2) is 0 Å². The van der Waals surface area contributed by atoms with Gasteiger partial charge in [-0.1, -0.05) is 24.3 Å². The van der Waals surface area contributed by atoms with Crippen molar-refractivity contribution in [1.29, 1.82) is 0 Å². The van der Waals surface area contributed by atoms with Crippen LogP contribution in [0.1, 0.15) is 0 Å². The van der Waals surface area contributed by atoms with Gasteiger partial charge in [-0.2, -0.15) is 0 Å². The molecule has 6 nitrogen and oxygen atoms in total. The number of hydrogen-bond donors (Lipinski definition) is 1. The number of aromatic nitrogens is 1. The van der Waals surface area contributed by atoms with Crippen LogP contribution in [0.25, 0.3) is 10.9 Å². The molecule has 1 aromatic carbocycles. The fourth-order valence-corrected chi connectivity index (χ4v) is 1.02. The van der Waals surface area contributed by atoms with Gasteiger partial charge in [-0.3, -0.25) is 13.4 Å². The molecule has 0 fully saturated rings. The number of quaternary nitrogens is 1. The van der Waals surface area contributed by atoms with Crippen molar-refractivity contribution in [3.63, 3.8) is 0 Å². The van der Waals surface area contributed by atoms with Gasteiger partial charge >= 0.3 is 17.1 Å². The summed E-state index contributed by atoms with van der Waals surface area (Å²) < 4.78 is 34.1. The Labute approximate surface area is 110 Å². The van der Waals surface area contributed by atoms with Crippen LogP contribution in [-0.2, 0) is 27.5 Å². The number of nitrogens with zero attached hydrogens (tertiary/aromatic N) is 1. The summed E-state index contributed by atoms with van der Waals surface area (Å²) in [6.07, 6.45) is 1.81. The first kappa shape index (κ1) is 18.3. The number of fused-ring (bicyclic) bond motifs is 1. The monoisotopic (exact) mass is 299 g/mol. The maximum Gasteiger partial charge on any atom is 1.00 e. The second-order valence-electron chi connectivity index (χ2n) is 2.60. The third kappa shape index (κ3) is 8.75. The Morgan fingerprint density at radius 1 is 1.00 bits per heavy atom. The molecule has 17 heavy (non-hydrogen) atoms. The maximum atomic E-state index is 8.52. The Bertz CT molecular complexity index is 474. The van der Waals surface area contributed by atoms with Crippen LogP contribution in [0.2, 0.25) is 0 Å². The van der Waals surface area contributed by atoms with Gasteiger partial charge in [0.15, 0.2) is 0 Å². The van der Waals surface area contributed by atoms with Crippen LogP contribution in [0.4, 0.5) is 0 Å². The van der Waals surface area contributed by atoms with E-state index in [9.17, 15) is 0 Å². The van der Waals surface area contributed by atoms with Gasteiger partial charge in [0, 0.05) is 22.0 Å². The standard InChI is InChI=1S/C9H7N.Fe.H3N.H2O4S/c1-2-6-9-8(4-1)5-3-7-10-9;;;1-5(2,3)4/h1-7H;;1H3;(H2,1,2,3,4)/q;+1;;/p-1. The minimum Gasteiger partial charge on any atom is -0.759 e. The largest absolute Gasteiger partial charge is 1.00 e. The third-order valence-corrected chi connectivity index (χ3v) is 1.51. The molecule has 2 rings (SSSR count). The van der Waals surface area contributed by atoms with Crippen LogP contribution in [0.5, 0.6) is 0 Å². The van der Waals surface area contributed by atoms with Crippen molar-refractivity contribution in [2.75, 3.05) is 0 Å². The first-order valence-corrected chi connectivity index (χ1v) is 5.26. The van der Waals surface area contributed by atoms with Crippen molar-refractivity contribution in [2.24, 2.45) is 0 Å². The summed E-state index contributed by atoms with van der Waals surface area (Å²) >= 11 is 0. The molecule has 0 spiro atoms. The molecule has 0 unspecified atom stereocenters. The molecule has 0 amide bonds. The second-order valence-corrected chi connectivity index (χ2v) is 3.42. The van der Waals surface area contributed by atoms with E-state index in [1.54, 1.807) is 0 Å². The van der Waals surface area contributed by atoms with Gasteiger partial charge in [-0.15, -0.1) is 0 Å². The van der Waals surface area contributed by atoms with Crippen molar-refractivity contribution in [3.8, 4) is 0 Å². The summed E-state index contributed by atoms with van der Waals surface area (Å²) in [5.74, 6) is 0. The van der Waals surface area contributed by atoms with Crippen molar-refractivity contribution >= 4 is 21.3 Å². The first-order chi connectivity index (χ1) is 6.97. The van der Waals surface area contributed by atoms with E-state index in [2.05, 4.69) is 17.1 Å². The summed E-state index contributed by atoms with van der Waals surface area (Å²) in [5, 5.41) is 1.20. The molecule has 1 aromatic heterocycles. The van der Waals surface area contributed by atoms with Gasteiger partial charge < -0.3 is 15.3 Å². The Morgan fingerprint density at radius 3 is 2.00 bits per heavy atom. The zero-order chi connectivity index (χ0) is 11.3. The zero-order valence-electron chi connectivity index (χ0n) is 8.88. The molecule has 8 heteroatoms. The van der Waals surface area contributed by atoms with Crippen molar-refractivity contribution in [3.05, 3.63) is 42.6 Å². The van der Waals surface area contributed by atoms with Crippen molar-refractivity contribution in [2.45, 2.75) is 0 Å². The molecule has 0 aliphatic rings. The topological polar surface area (TPSA) is 130 Å². The molecule has 0 bridgehead atoms. The number of benzene rings is 1. The van der Waals surface area contributed by atoms with Crippen LogP contribution in [0.15, 0.2) is 42.6 Å². The van der Waals surface area contributed by atoms with Gasteiger partial charge in [0.05, 0.1) is 5.52 Å². The molecule has 1 radical (unpaired) electrons. The Hall–Kier alpha value is -1.02. The number of rotatable bonds is 0. The summed E-state index contributed by atoms with van der Waals surface area (Å²) in [6.45, 7) is 0. The minimum atomic E-state index is -5.17. The summed E-state index contributed by atoms with van der Waals surface area (Å²) in [4.78, 5) is 4.18. The van der Waals surface area contributed by atoms with Gasteiger partial charge in [0.2, 0.25) is 0 Å². The SMILES string of the molecule is O=S(=O)([O-])[O-].[Fe+].[NH4+].c1ccc2ncccc2c1. The molecule has 4 N–H and O–H groups in total. The fourth-order valence-electron chi connectivity index (χ4n) is 1.02. The fraction of sp³-hybridized carbons (Fsp3) is 0. The molecular weight excluding hydrogens is 288 g/mol. The summed E-state index contributed by atoms with van der Waals surface area (Å²) in [6, 6.07) is 12.1. The van der Waals surface area contributed by atoms with E-state index in [1.807, 2.05) is 30.5 Å². The molecule has 1 heterocycles. The number of para-hydroxylation sites is 1. The normalized spacial score (nSPS) is 9.29. The predicted octanol–water partition coefficient (Wildman–Crippen LogP) is 1.27. The average Bonchev–Trinajstić information content (AvgIpc) is 2.16. The van der Waals surface area contributed by atoms with Crippen LogP contribution in [0, 0.1) is 0 Å². The number of hydrogen-bond acceptors (Lipinski definition) is 5. The van der Waals surface area contributed by atoms with E-state index in [1.165, 1.54) is 5.39 Å². The van der Waals surface area contributed by atoms with Crippen molar-refractivity contribution < 1.29 is 34.6 Å². The van der Waals surface area contributed by atoms with Gasteiger partial charge in [0.1, 0.15) is 0 Å². The van der Waals surface area contributed by atoms with Gasteiger partial charge in [0.25, 0.3) is 0 Å². The van der Waals surface area contributed by atoms with Crippen molar-refractivity contribution in [1.82, 2.24) is 11.1 Å². The van der Waals surface area contributed by atoms with Crippen LogP contribution in [0.3, 0.4) is 0 Å². The zero-order valence-corrected chi connectivity index (χ0v) is 10.8. The molecule has 0 aliphatic carbocycles. The third-order valence-electron chi connectivity index (χ3n) is 1.51. The smallest absolute Gasteiger partial charge is 0.759 e. The molecular formula is C9H11FeN2O4S. The predicted molar refractivity (Wildman–Crippen MR) is 58.2 cm³/mol. The quantitative estimate of drug-likeness (QED) is 0.444. The summed E-state index contributed by atoms with van der Waals surface area (Å²) in [7, 11) is -5.17. The van der Waals surface area contributed by atoms with E-state index in [4.69, 9.17) is 17.5 Å². The Kier molecular flexibility index (Phi) is 8.77. The van der Waals surface area contributed by atoms with E-state index < -0.39 is 10.4 Å².